The van der Waals surface area contributed by atoms with Crippen molar-refractivity contribution in [3.8, 4) is 0 Å². The Bertz CT molecular complexity index is 516. The first kappa shape index (κ1) is 23.4. The van der Waals surface area contributed by atoms with Gasteiger partial charge in [0.05, 0.1) is 24.8 Å². The fraction of sp³-hybridized carbons (Fsp3) is 0.938. The van der Waals surface area contributed by atoms with Gasteiger partial charge < -0.3 is 20.8 Å². The number of aliphatic hydroxyl groups is 2. The molecule has 0 radical (unpaired) electrons. The number of alkyl halides is 4. The summed E-state index contributed by atoms with van der Waals surface area (Å²) in [5.41, 5.74) is 0. The molecule has 1 aliphatic carbocycles. The Kier molecular flexibility index (Phi) is 8.59. The highest BCUT2D eigenvalue weighted by atomic mass is 35.5. The van der Waals surface area contributed by atoms with E-state index in [-0.39, 0.29) is 38.2 Å². The number of hydrogen-bond acceptors (Lipinski definition) is 6. The molecule has 1 heterocycles. The maximum Gasteiger partial charge on any atom is 0.393 e. The van der Waals surface area contributed by atoms with Crippen LogP contribution < -0.4 is 26.6 Å². The molecule has 2 fully saturated rings. The number of hydrogen-bond donors (Lipinski definition) is 7. The summed E-state index contributed by atoms with van der Waals surface area (Å²) in [5, 5.41) is 31.8. The van der Waals surface area contributed by atoms with E-state index in [2.05, 4.69) is 26.6 Å². The number of rotatable bonds is 6. The maximum atomic E-state index is 13.0. The second kappa shape index (κ2) is 10.3. The summed E-state index contributed by atoms with van der Waals surface area (Å²) in [5.74, 6) is -1.63. The number of halogens is 4. The minimum absolute atomic E-state index is 0.0385. The van der Waals surface area contributed by atoms with Gasteiger partial charge >= 0.3 is 12.2 Å². The number of nitrogens with one attached hydrogen (secondary N) is 5. The first-order valence-electron chi connectivity index (χ1n) is 9.40. The number of urea groups is 1. The van der Waals surface area contributed by atoms with E-state index in [4.69, 9.17) is 16.7 Å². The quantitative estimate of drug-likeness (QED) is 0.301. The molecule has 164 valence electrons. The van der Waals surface area contributed by atoms with Crippen LogP contribution in [0.4, 0.5) is 18.0 Å². The van der Waals surface area contributed by atoms with Gasteiger partial charge in [-0.1, -0.05) is 0 Å². The second-order valence-corrected chi connectivity index (χ2v) is 8.05. The van der Waals surface area contributed by atoms with Crippen LogP contribution in [0.25, 0.3) is 0 Å². The summed E-state index contributed by atoms with van der Waals surface area (Å²) in [4.78, 5) is 12.2. The minimum Gasteiger partial charge on any atom is -0.394 e. The molecule has 7 atom stereocenters. The summed E-state index contributed by atoms with van der Waals surface area (Å²) in [6.45, 7) is 1.74. The van der Waals surface area contributed by atoms with Crippen LogP contribution in [0, 0.1) is 5.92 Å². The maximum absolute atomic E-state index is 13.0. The van der Waals surface area contributed by atoms with Crippen molar-refractivity contribution in [2.24, 2.45) is 5.92 Å². The molecule has 2 rings (SSSR count). The van der Waals surface area contributed by atoms with Gasteiger partial charge in [-0.05, 0) is 32.6 Å². The van der Waals surface area contributed by atoms with Crippen molar-refractivity contribution in [1.29, 1.82) is 0 Å². The lowest BCUT2D eigenvalue weighted by atomic mass is 9.85. The SMILES string of the molecule is CC1CC(NCC(O)CO)NC(NC(=O)NC2CCC(Cl)C(C(F)(F)F)C2)N1. The molecule has 12 heteroatoms. The van der Waals surface area contributed by atoms with Crippen LogP contribution in [0.15, 0.2) is 0 Å². The molecular weight excluding hydrogens is 403 g/mol. The van der Waals surface area contributed by atoms with E-state index in [9.17, 15) is 23.1 Å². The van der Waals surface area contributed by atoms with Gasteiger partial charge in [0.25, 0.3) is 0 Å². The van der Waals surface area contributed by atoms with Crippen LogP contribution in [0.2, 0.25) is 0 Å². The first-order valence-corrected chi connectivity index (χ1v) is 9.84. The highest BCUT2D eigenvalue weighted by Gasteiger charge is 2.47. The lowest BCUT2D eigenvalue weighted by Crippen LogP contribution is -2.69. The second-order valence-electron chi connectivity index (χ2n) is 7.49. The largest absolute Gasteiger partial charge is 0.394 e. The predicted octanol–water partition coefficient (Wildman–Crippen LogP) is 0.148. The van der Waals surface area contributed by atoms with Gasteiger partial charge in [0.1, 0.15) is 6.29 Å². The summed E-state index contributed by atoms with van der Waals surface area (Å²) < 4.78 is 39.1. The van der Waals surface area contributed by atoms with Gasteiger partial charge in [-0.15, -0.1) is 11.6 Å². The molecule has 7 unspecified atom stereocenters. The zero-order valence-electron chi connectivity index (χ0n) is 15.6. The zero-order chi connectivity index (χ0) is 20.9. The number of aliphatic hydroxyl groups excluding tert-OH is 2. The molecule has 0 aromatic rings. The van der Waals surface area contributed by atoms with Crippen LogP contribution in [-0.4, -0.2) is 71.6 Å². The van der Waals surface area contributed by atoms with Crippen molar-refractivity contribution in [3.05, 3.63) is 0 Å². The van der Waals surface area contributed by atoms with Gasteiger partial charge in [0, 0.05) is 24.0 Å². The van der Waals surface area contributed by atoms with Crippen molar-refractivity contribution in [2.75, 3.05) is 13.2 Å². The van der Waals surface area contributed by atoms with Gasteiger partial charge in [-0.25, -0.2) is 4.79 Å². The summed E-state index contributed by atoms with van der Waals surface area (Å²) in [6, 6.07) is -1.14. The summed E-state index contributed by atoms with van der Waals surface area (Å²) >= 11 is 5.81. The smallest absolute Gasteiger partial charge is 0.393 e. The van der Waals surface area contributed by atoms with Crippen LogP contribution in [0.3, 0.4) is 0 Å². The Morgan fingerprint density at radius 2 is 1.96 bits per heavy atom. The molecule has 28 heavy (non-hydrogen) atoms. The third-order valence-corrected chi connectivity index (χ3v) is 5.54. The first-order chi connectivity index (χ1) is 13.1. The normalized spacial score (nSPS) is 35.2. The minimum atomic E-state index is -4.39. The van der Waals surface area contributed by atoms with Gasteiger partial charge in [-0.2, -0.15) is 13.2 Å². The molecule has 7 N–H and O–H groups in total. The molecule has 8 nitrogen and oxygen atoms in total. The van der Waals surface area contributed by atoms with E-state index in [1.807, 2.05) is 6.92 Å². The number of amides is 2. The molecular formula is C16H29ClF3N5O3. The fourth-order valence-electron chi connectivity index (χ4n) is 3.55. The summed E-state index contributed by atoms with van der Waals surface area (Å²) in [7, 11) is 0. The Morgan fingerprint density at radius 3 is 2.61 bits per heavy atom. The lowest BCUT2D eigenvalue weighted by molar-refractivity contribution is -0.182. The van der Waals surface area contributed by atoms with Gasteiger partial charge in [0.15, 0.2) is 0 Å². The van der Waals surface area contributed by atoms with E-state index in [1.54, 1.807) is 0 Å². The van der Waals surface area contributed by atoms with E-state index in [0.29, 0.717) is 12.8 Å². The Morgan fingerprint density at radius 1 is 1.25 bits per heavy atom. The molecule has 2 aliphatic rings. The van der Waals surface area contributed by atoms with E-state index < -0.39 is 41.9 Å². The fourth-order valence-corrected chi connectivity index (χ4v) is 3.93. The van der Waals surface area contributed by atoms with Crippen LogP contribution >= 0.6 is 11.6 Å². The van der Waals surface area contributed by atoms with Crippen molar-refractivity contribution < 1.29 is 28.2 Å². The van der Waals surface area contributed by atoms with Crippen molar-refractivity contribution in [2.45, 2.75) is 74.8 Å². The highest BCUT2D eigenvalue weighted by molar-refractivity contribution is 6.20. The molecule has 0 bridgehead atoms. The third-order valence-electron chi connectivity index (χ3n) is 5.02. The molecule has 1 saturated carbocycles. The average Bonchev–Trinajstić information content (AvgIpc) is 2.59. The van der Waals surface area contributed by atoms with E-state index >= 15 is 0 Å². The Hall–Kier alpha value is -0.850. The molecule has 0 spiro atoms. The Balaban J connectivity index is 1.81. The van der Waals surface area contributed by atoms with Crippen molar-refractivity contribution in [3.63, 3.8) is 0 Å². The topological polar surface area (TPSA) is 118 Å². The lowest BCUT2D eigenvalue weighted by Gasteiger charge is -2.38. The standard InChI is InChI=1S/C16H29ClF3N5O3/c1-8-4-13(21-6-10(27)7-26)24-14(22-8)25-15(28)23-9-2-3-12(17)11(5-9)16(18,19)20/h8-14,21-22,24,26-27H,2-7H2,1H3,(H2,23,25,28). The number of carbonyl (C=O) groups excluding carboxylic acids is 1. The van der Waals surface area contributed by atoms with Crippen molar-refractivity contribution >= 4 is 17.6 Å². The Labute approximate surface area is 167 Å². The molecule has 1 aliphatic heterocycles. The van der Waals surface area contributed by atoms with Crippen LogP contribution in [-0.2, 0) is 0 Å². The van der Waals surface area contributed by atoms with Gasteiger partial charge in [-0.3, -0.25) is 16.0 Å². The summed E-state index contributed by atoms with van der Waals surface area (Å²) in [6.07, 6.45) is -5.09. The van der Waals surface area contributed by atoms with Crippen LogP contribution in [0.1, 0.15) is 32.6 Å². The monoisotopic (exact) mass is 431 g/mol. The van der Waals surface area contributed by atoms with Gasteiger partial charge in [0.2, 0.25) is 0 Å². The average molecular weight is 432 g/mol. The molecule has 1 saturated heterocycles. The third kappa shape index (κ3) is 7.20. The molecule has 2 amide bonds. The molecule has 0 aromatic heterocycles. The highest BCUT2D eigenvalue weighted by Crippen LogP contribution is 2.40. The molecule has 0 aromatic carbocycles. The van der Waals surface area contributed by atoms with E-state index in [0.717, 1.165) is 0 Å². The van der Waals surface area contributed by atoms with Crippen LogP contribution in [0.5, 0.6) is 0 Å². The van der Waals surface area contributed by atoms with E-state index in [1.165, 1.54) is 0 Å². The van der Waals surface area contributed by atoms with Crippen molar-refractivity contribution in [1.82, 2.24) is 26.6 Å². The number of carbonyl (C=O) groups is 1. The zero-order valence-corrected chi connectivity index (χ0v) is 16.4. The predicted molar refractivity (Wildman–Crippen MR) is 97.5 cm³/mol.